The predicted molar refractivity (Wildman–Crippen MR) is 86.2 cm³/mol. The molecule has 0 bridgehead atoms. The SMILES string of the molecule is CCOc1ccc(C2=CC3(CCOC3)ON2)cc1OCC1CC1. The quantitative estimate of drug-likeness (QED) is 0.874. The molecule has 2 fully saturated rings. The lowest BCUT2D eigenvalue weighted by Crippen LogP contribution is -2.29. The summed E-state index contributed by atoms with van der Waals surface area (Å²) in [5.41, 5.74) is 4.74. The molecule has 124 valence electrons. The van der Waals surface area contributed by atoms with Crippen LogP contribution in [0.4, 0.5) is 0 Å². The first-order chi connectivity index (χ1) is 11.3. The normalized spacial score (nSPS) is 26.2. The van der Waals surface area contributed by atoms with Gasteiger partial charge in [-0.05, 0) is 50.0 Å². The van der Waals surface area contributed by atoms with E-state index in [1.165, 1.54) is 12.8 Å². The monoisotopic (exact) mass is 317 g/mol. The van der Waals surface area contributed by atoms with Gasteiger partial charge in [0.1, 0.15) is 5.60 Å². The van der Waals surface area contributed by atoms with Gasteiger partial charge in [-0.3, -0.25) is 10.3 Å². The minimum absolute atomic E-state index is 0.317. The Morgan fingerprint density at radius 1 is 1.26 bits per heavy atom. The van der Waals surface area contributed by atoms with Crippen molar-refractivity contribution in [3.05, 3.63) is 29.8 Å². The maximum Gasteiger partial charge on any atom is 0.161 e. The summed E-state index contributed by atoms with van der Waals surface area (Å²) in [6.07, 6.45) is 5.55. The first-order valence-corrected chi connectivity index (χ1v) is 8.43. The Morgan fingerprint density at radius 3 is 2.91 bits per heavy atom. The van der Waals surface area contributed by atoms with Gasteiger partial charge in [-0.15, -0.1) is 0 Å². The van der Waals surface area contributed by atoms with Crippen LogP contribution < -0.4 is 15.0 Å². The second kappa shape index (κ2) is 6.06. The largest absolute Gasteiger partial charge is 0.490 e. The molecule has 3 aliphatic rings. The van der Waals surface area contributed by atoms with Gasteiger partial charge in [0.2, 0.25) is 0 Å². The van der Waals surface area contributed by atoms with E-state index in [1.54, 1.807) is 0 Å². The van der Waals surface area contributed by atoms with Crippen molar-refractivity contribution in [2.24, 2.45) is 5.92 Å². The van der Waals surface area contributed by atoms with Crippen LogP contribution in [0.15, 0.2) is 24.3 Å². The van der Waals surface area contributed by atoms with Crippen molar-refractivity contribution >= 4 is 5.70 Å². The Labute approximate surface area is 136 Å². The lowest BCUT2D eigenvalue weighted by molar-refractivity contribution is -0.0373. The molecular weight excluding hydrogens is 294 g/mol. The van der Waals surface area contributed by atoms with Crippen molar-refractivity contribution in [3.8, 4) is 11.5 Å². The molecule has 5 nitrogen and oxygen atoms in total. The molecule has 1 aromatic carbocycles. The molecule has 1 aromatic rings. The number of hydroxylamine groups is 1. The van der Waals surface area contributed by atoms with Crippen molar-refractivity contribution in [1.82, 2.24) is 5.48 Å². The molecule has 1 N–H and O–H groups in total. The van der Waals surface area contributed by atoms with Crippen LogP contribution in [0.25, 0.3) is 5.70 Å². The lowest BCUT2D eigenvalue weighted by Gasteiger charge is -2.15. The van der Waals surface area contributed by atoms with E-state index >= 15 is 0 Å². The predicted octanol–water partition coefficient (Wildman–Crippen LogP) is 2.91. The van der Waals surface area contributed by atoms with Crippen molar-refractivity contribution < 1.29 is 19.0 Å². The first kappa shape index (κ1) is 14.8. The Hall–Kier alpha value is -1.72. The highest BCUT2D eigenvalue weighted by atomic mass is 16.7. The maximum atomic E-state index is 5.99. The number of ether oxygens (including phenoxy) is 3. The zero-order chi connectivity index (χ0) is 15.7. The fourth-order valence-corrected chi connectivity index (χ4v) is 2.93. The van der Waals surface area contributed by atoms with Gasteiger partial charge in [0, 0.05) is 18.6 Å². The molecule has 1 unspecified atom stereocenters. The van der Waals surface area contributed by atoms with Gasteiger partial charge in [0.15, 0.2) is 11.5 Å². The van der Waals surface area contributed by atoms with Gasteiger partial charge in [0.05, 0.1) is 25.5 Å². The molecular formula is C18H23NO4. The van der Waals surface area contributed by atoms with Crippen LogP contribution in [0.5, 0.6) is 11.5 Å². The Balaban J connectivity index is 1.57. The van der Waals surface area contributed by atoms with Gasteiger partial charge in [-0.2, -0.15) is 0 Å². The van der Waals surface area contributed by atoms with E-state index in [2.05, 4.69) is 11.6 Å². The lowest BCUT2D eigenvalue weighted by atomic mass is 10.0. The van der Waals surface area contributed by atoms with Crippen molar-refractivity contribution in [3.63, 3.8) is 0 Å². The number of hydrogen-bond acceptors (Lipinski definition) is 5. The van der Waals surface area contributed by atoms with E-state index in [9.17, 15) is 0 Å². The minimum Gasteiger partial charge on any atom is -0.490 e. The van der Waals surface area contributed by atoms with Crippen LogP contribution in [-0.2, 0) is 9.57 Å². The Morgan fingerprint density at radius 2 is 2.17 bits per heavy atom. The molecule has 0 amide bonds. The average Bonchev–Trinajstić information content (AvgIpc) is 3.14. The molecule has 1 aliphatic carbocycles. The van der Waals surface area contributed by atoms with Gasteiger partial charge in [-0.1, -0.05) is 0 Å². The number of hydrogen-bond donors (Lipinski definition) is 1. The summed E-state index contributed by atoms with van der Waals surface area (Å²) in [6, 6.07) is 6.04. The Bertz CT molecular complexity index is 603. The fourth-order valence-electron chi connectivity index (χ4n) is 2.93. The zero-order valence-electron chi connectivity index (χ0n) is 13.5. The summed E-state index contributed by atoms with van der Waals surface area (Å²) in [5.74, 6) is 2.32. The van der Waals surface area contributed by atoms with Crippen LogP contribution in [0.2, 0.25) is 0 Å². The molecule has 2 aliphatic heterocycles. The third-order valence-electron chi connectivity index (χ3n) is 4.51. The summed E-state index contributed by atoms with van der Waals surface area (Å²) < 4.78 is 17.1. The smallest absolute Gasteiger partial charge is 0.161 e. The van der Waals surface area contributed by atoms with Gasteiger partial charge < -0.3 is 14.2 Å². The topological polar surface area (TPSA) is 49.0 Å². The molecule has 5 heteroatoms. The number of rotatable bonds is 6. The number of benzene rings is 1. The van der Waals surface area contributed by atoms with E-state index in [0.717, 1.165) is 42.4 Å². The summed E-state index contributed by atoms with van der Waals surface area (Å²) in [4.78, 5) is 5.75. The van der Waals surface area contributed by atoms with Crippen molar-refractivity contribution in [2.75, 3.05) is 26.4 Å². The Kier molecular flexibility index (Phi) is 3.91. The van der Waals surface area contributed by atoms with E-state index in [-0.39, 0.29) is 5.60 Å². The number of nitrogens with one attached hydrogen (secondary N) is 1. The van der Waals surface area contributed by atoms with E-state index in [4.69, 9.17) is 19.0 Å². The third-order valence-corrected chi connectivity index (χ3v) is 4.51. The van der Waals surface area contributed by atoms with Crippen LogP contribution in [0.1, 0.15) is 31.7 Å². The van der Waals surface area contributed by atoms with Gasteiger partial charge >= 0.3 is 0 Å². The van der Waals surface area contributed by atoms with E-state index < -0.39 is 0 Å². The fraction of sp³-hybridized carbons (Fsp3) is 0.556. The van der Waals surface area contributed by atoms with Crippen LogP contribution in [0, 0.1) is 5.92 Å². The summed E-state index contributed by atoms with van der Waals surface area (Å²) in [6.45, 7) is 4.72. The molecule has 1 saturated carbocycles. The van der Waals surface area contributed by atoms with Crippen LogP contribution in [-0.4, -0.2) is 32.0 Å². The van der Waals surface area contributed by atoms with Gasteiger partial charge in [0.25, 0.3) is 0 Å². The zero-order valence-corrected chi connectivity index (χ0v) is 13.5. The molecule has 2 heterocycles. The maximum absolute atomic E-state index is 5.99. The van der Waals surface area contributed by atoms with Crippen molar-refractivity contribution in [2.45, 2.75) is 31.8 Å². The van der Waals surface area contributed by atoms with E-state index in [1.807, 2.05) is 25.1 Å². The third kappa shape index (κ3) is 3.16. The standard InChI is InChI=1S/C18H23NO4/c1-2-21-16-6-5-14(9-17(16)22-11-13-3-4-13)15-10-18(23-19-15)7-8-20-12-18/h5-6,9-10,13,19H,2-4,7-8,11-12H2,1H3. The molecule has 0 aromatic heterocycles. The summed E-state index contributed by atoms with van der Waals surface area (Å²) in [7, 11) is 0. The highest BCUT2D eigenvalue weighted by Gasteiger charge is 2.39. The molecule has 1 atom stereocenters. The molecule has 0 radical (unpaired) electrons. The molecule has 23 heavy (non-hydrogen) atoms. The highest BCUT2D eigenvalue weighted by molar-refractivity contribution is 5.68. The second-order valence-electron chi connectivity index (χ2n) is 6.48. The minimum atomic E-state index is -0.317. The highest BCUT2D eigenvalue weighted by Crippen LogP contribution is 2.37. The summed E-state index contributed by atoms with van der Waals surface area (Å²) >= 11 is 0. The van der Waals surface area contributed by atoms with Crippen molar-refractivity contribution in [1.29, 1.82) is 0 Å². The van der Waals surface area contributed by atoms with E-state index in [0.29, 0.717) is 19.1 Å². The molecule has 1 saturated heterocycles. The molecule has 4 rings (SSSR count). The second-order valence-corrected chi connectivity index (χ2v) is 6.48. The van der Waals surface area contributed by atoms with Crippen LogP contribution in [0.3, 0.4) is 0 Å². The average molecular weight is 317 g/mol. The van der Waals surface area contributed by atoms with Crippen LogP contribution >= 0.6 is 0 Å². The summed E-state index contributed by atoms with van der Waals surface area (Å²) in [5, 5.41) is 0. The first-order valence-electron chi connectivity index (χ1n) is 8.43. The molecule has 1 spiro atoms. The van der Waals surface area contributed by atoms with Gasteiger partial charge in [-0.25, -0.2) is 0 Å².